The first-order valence-electron chi connectivity index (χ1n) is 7.17. The smallest absolute Gasteiger partial charge is 0.316 e. The Morgan fingerprint density at radius 1 is 1.32 bits per heavy atom. The molecule has 22 heavy (non-hydrogen) atoms. The van der Waals surface area contributed by atoms with Gasteiger partial charge in [-0.15, -0.1) is 0 Å². The molecule has 1 aliphatic heterocycles. The lowest BCUT2D eigenvalue weighted by atomic mass is 9.96. The maximum absolute atomic E-state index is 12.6. The molecule has 2 rings (SSSR count). The second-order valence-corrected chi connectivity index (χ2v) is 7.19. The number of rotatable bonds is 5. The first-order chi connectivity index (χ1) is 10.3. The minimum absolute atomic E-state index is 0.227. The third kappa shape index (κ3) is 4.69. The Balaban J connectivity index is 1.98. The van der Waals surface area contributed by atoms with Gasteiger partial charge in [-0.05, 0) is 56.5 Å². The van der Waals surface area contributed by atoms with Crippen LogP contribution < -0.4 is 10.0 Å². The van der Waals surface area contributed by atoms with E-state index < -0.39 is 21.8 Å². The summed E-state index contributed by atoms with van der Waals surface area (Å²) in [5.74, 6) is 0.401. The molecule has 124 valence electrons. The van der Waals surface area contributed by atoms with Crippen LogP contribution in [0, 0.1) is 5.92 Å². The van der Waals surface area contributed by atoms with Crippen LogP contribution in [-0.2, 0) is 16.2 Å². The van der Waals surface area contributed by atoms with Crippen LogP contribution in [0.2, 0.25) is 0 Å². The topological polar surface area (TPSA) is 58.2 Å². The highest BCUT2D eigenvalue weighted by Crippen LogP contribution is 2.30. The van der Waals surface area contributed by atoms with Crippen LogP contribution in [0.1, 0.15) is 24.8 Å². The molecule has 1 unspecified atom stereocenters. The predicted octanol–water partition coefficient (Wildman–Crippen LogP) is 2.37. The summed E-state index contributed by atoms with van der Waals surface area (Å²) in [6.45, 7) is 2.06. The molecule has 8 heteroatoms. The standard InChI is InChI=1S/C14H19F3N2O2S/c15-14(16,17)12-4-1-5-13(9-12)22(20,21)19-8-6-11-3-2-7-18-10-11/h1,4-5,9,11,18-19H,2-3,6-8,10H2. The van der Waals surface area contributed by atoms with Crippen molar-refractivity contribution in [2.75, 3.05) is 19.6 Å². The van der Waals surface area contributed by atoms with Crippen LogP contribution in [0.4, 0.5) is 13.2 Å². The SMILES string of the molecule is O=S(=O)(NCCC1CCCNC1)c1cccc(C(F)(F)F)c1. The van der Waals surface area contributed by atoms with E-state index in [0.717, 1.165) is 38.1 Å². The van der Waals surface area contributed by atoms with Crippen molar-refractivity contribution in [1.82, 2.24) is 10.0 Å². The summed E-state index contributed by atoms with van der Waals surface area (Å²) in [6, 6.07) is 3.78. The Labute approximate surface area is 128 Å². The maximum Gasteiger partial charge on any atom is 0.416 e. The summed E-state index contributed by atoms with van der Waals surface area (Å²) in [6.07, 6.45) is -1.78. The van der Waals surface area contributed by atoms with Crippen LogP contribution >= 0.6 is 0 Å². The maximum atomic E-state index is 12.6. The Morgan fingerprint density at radius 2 is 2.09 bits per heavy atom. The molecule has 1 heterocycles. The van der Waals surface area contributed by atoms with Gasteiger partial charge >= 0.3 is 6.18 Å². The number of hydrogen-bond donors (Lipinski definition) is 2. The lowest BCUT2D eigenvalue weighted by Crippen LogP contribution is -2.33. The van der Waals surface area contributed by atoms with Gasteiger partial charge in [-0.2, -0.15) is 13.2 Å². The average Bonchev–Trinajstić information content (AvgIpc) is 2.47. The van der Waals surface area contributed by atoms with Crippen LogP contribution in [-0.4, -0.2) is 28.1 Å². The molecule has 0 saturated carbocycles. The van der Waals surface area contributed by atoms with E-state index in [1.165, 1.54) is 6.07 Å². The van der Waals surface area contributed by atoms with Crippen molar-refractivity contribution in [2.45, 2.75) is 30.3 Å². The molecule has 0 radical (unpaired) electrons. The van der Waals surface area contributed by atoms with Gasteiger partial charge in [-0.3, -0.25) is 0 Å². The summed E-state index contributed by atoms with van der Waals surface area (Å²) in [4.78, 5) is -0.357. The van der Waals surface area contributed by atoms with E-state index in [0.29, 0.717) is 18.4 Å². The molecule has 4 nitrogen and oxygen atoms in total. The molecule has 0 aliphatic carbocycles. The van der Waals surface area contributed by atoms with Crippen molar-refractivity contribution in [3.05, 3.63) is 29.8 Å². The zero-order valence-electron chi connectivity index (χ0n) is 12.0. The summed E-state index contributed by atoms with van der Waals surface area (Å²) in [5, 5.41) is 3.24. The summed E-state index contributed by atoms with van der Waals surface area (Å²) < 4.78 is 64.4. The first-order valence-corrected chi connectivity index (χ1v) is 8.65. The monoisotopic (exact) mass is 336 g/mol. The Kier molecular flexibility index (Phi) is 5.46. The molecule has 0 amide bonds. The highest BCUT2D eigenvalue weighted by molar-refractivity contribution is 7.89. The fraction of sp³-hybridized carbons (Fsp3) is 0.571. The molecular weight excluding hydrogens is 317 g/mol. The zero-order chi connectivity index (χ0) is 16.2. The van der Waals surface area contributed by atoms with Crippen LogP contribution in [0.15, 0.2) is 29.2 Å². The van der Waals surface area contributed by atoms with Gasteiger partial charge in [-0.25, -0.2) is 13.1 Å². The number of alkyl halides is 3. The lowest BCUT2D eigenvalue weighted by molar-refractivity contribution is -0.137. The molecule has 0 spiro atoms. The number of sulfonamides is 1. The van der Waals surface area contributed by atoms with Crippen LogP contribution in [0.3, 0.4) is 0 Å². The fourth-order valence-electron chi connectivity index (χ4n) is 2.49. The van der Waals surface area contributed by atoms with Crippen molar-refractivity contribution in [3.8, 4) is 0 Å². The van der Waals surface area contributed by atoms with E-state index in [1.807, 2.05) is 0 Å². The van der Waals surface area contributed by atoms with Gasteiger partial charge in [0.2, 0.25) is 10.0 Å². The molecular formula is C14H19F3N2O2S. The lowest BCUT2D eigenvalue weighted by Gasteiger charge is -2.22. The van der Waals surface area contributed by atoms with Crippen molar-refractivity contribution < 1.29 is 21.6 Å². The molecule has 1 atom stereocenters. The molecule has 1 fully saturated rings. The Hall–Kier alpha value is -1.12. The number of hydrogen-bond acceptors (Lipinski definition) is 3. The average molecular weight is 336 g/mol. The third-order valence-electron chi connectivity index (χ3n) is 3.72. The first kappa shape index (κ1) is 17.2. The van der Waals surface area contributed by atoms with Gasteiger partial charge in [0.25, 0.3) is 0 Å². The minimum Gasteiger partial charge on any atom is -0.316 e. The van der Waals surface area contributed by atoms with Crippen LogP contribution in [0.25, 0.3) is 0 Å². The van der Waals surface area contributed by atoms with E-state index in [1.54, 1.807) is 0 Å². The second kappa shape index (κ2) is 6.97. The summed E-state index contributed by atoms with van der Waals surface area (Å²) in [5.41, 5.74) is -0.966. The van der Waals surface area contributed by atoms with E-state index >= 15 is 0 Å². The molecule has 1 aromatic carbocycles. The van der Waals surface area contributed by atoms with Gasteiger partial charge in [0, 0.05) is 6.54 Å². The van der Waals surface area contributed by atoms with Gasteiger partial charge in [-0.1, -0.05) is 6.07 Å². The van der Waals surface area contributed by atoms with Gasteiger partial charge < -0.3 is 5.32 Å². The van der Waals surface area contributed by atoms with Crippen molar-refractivity contribution in [2.24, 2.45) is 5.92 Å². The molecule has 1 aliphatic rings. The van der Waals surface area contributed by atoms with Crippen molar-refractivity contribution in [1.29, 1.82) is 0 Å². The second-order valence-electron chi connectivity index (χ2n) is 5.42. The number of halogens is 3. The highest BCUT2D eigenvalue weighted by Gasteiger charge is 2.31. The van der Waals surface area contributed by atoms with E-state index in [-0.39, 0.29) is 11.4 Å². The van der Waals surface area contributed by atoms with E-state index in [2.05, 4.69) is 10.0 Å². The summed E-state index contributed by atoms with van der Waals surface area (Å²) in [7, 11) is -3.91. The molecule has 0 bridgehead atoms. The quantitative estimate of drug-likeness (QED) is 0.868. The minimum atomic E-state index is -4.56. The number of benzene rings is 1. The highest BCUT2D eigenvalue weighted by atomic mass is 32.2. The fourth-order valence-corrected chi connectivity index (χ4v) is 3.58. The van der Waals surface area contributed by atoms with E-state index in [9.17, 15) is 21.6 Å². The van der Waals surface area contributed by atoms with Crippen LogP contribution in [0.5, 0.6) is 0 Å². The van der Waals surface area contributed by atoms with Crippen molar-refractivity contribution >= 4 is 10.0 Å². The third-order valence-corrected chi connectivity index (χ3v) is 5.17. The largest absolute Gasteiger partial charge is 0.416 e. The van der Waals surface area contributed by atoms with Gasteiger partial charge in [0.05, 0.1) is 10.5 Å². The predicted molar refractivity (Wildman–Crippen MR) is 76.8 cm³/mol. The molecule has 0 aromatic heterocycles. The molecule has 1 aromatic rings. The molecule has 1 saturated heterocycles. The zero-order valence-corrected chi connectivity index (χ0v) is 12.8. The van der Waals surface area contributed by atoms with Crippen molar-refractivity contribution in [3.63, 3.8) is 0 Å². The summed E-state index contributed by atoms with van der Waals surface area (Å²) >= 11 is 0. The number of nitrogens with one attached hydrogen (secondary N) is 2. The Morgan fingerprint density at radius 3 is 2.73 bits per heavy atom. The Bertz CT molecular complexity index is 596. The normalized spacial score (nSPS) is 20.0. The molecule has 2 N–H and O–H groups in total. The van der Waals surface area contributed by atoms with Gasteiger partial charge in [0.15, 0.2) is 0 Å². The van der Waals surface area contributed by atoms with E-state index in [4.69, 9.17) is 0 Å². The number of piperidine rings is 1. The van der Waals surface area contributed by atoms with Gasteiger partial charge in [0.1, 0.15) is 0 Å².